The number of fused-ring (bicyclic) bond motifs is 2. The smallest absolute Gasteiger partial charge is 0.261 e. The molecule has 1 aliphatic carbocycles. The van der Waals surface area contributed by atoms with E-state index in [1.54, 1.807) is 19.1 Å². The number of rotatable bonds is 2. The van der Waals surface area contributed by atoms with Gasteiger partial charge in [-0.3, -0.25) is 14.9 Å². The first kappa shape index (κ1) is 15.9. The minimum absolute atomic E-state index is 0.165. The first-order valence-electron chi connectivity index (χ1n) is 7.81. The number of nitrogens with zero attached hydrogens (tertiary/aromatic N) is 2. The zero-order valence-electron chi connectivity index (χ0n) is 13.3. The third kappa shape index (κ3) is 2.36. The Morgan fingerprint density at radius 2 is 1.72 bits per heavy atom. The predicted molar refractivity (Wildman–Crippen MR) is 98.5 cm³/mol. The Labute approximate surface area is 152 Å². The largest absolute Gasteiger partial charge is 0.289 e. The molecule has 1 unspecified atom stereocenters. The second-order valence-corrected chi connectivity index (χ2v) is 7.07. The molecule has 5 nitrogen and oxygen atoms in total. The highest BCUT2D eigenvalue weighted by atomic mass is 79.9. The van der Waals surface area contributed by atoms with Crippen LogP contribution >= 0.6 is 15.9 Å². The first-order valence-corrected chi connectivity index (χ1v) is 8.60. The highest BCUT2D eigenvalue weighted by molar-refractivity contribution is 9.10. The SMILES string of the molecule is CC1=NC2=C(C(=O)c3ccccc32)[C@@H](c2ccc(Br)cc2)C1[N+](=O)[O-]. The normalized spacial score (nSPS) is 21.7. The zero-order valence-corrected chi connectivity index (χ0v) is 14.9. The van der Waals surface area contributed by atoms with Gasteiger partial charge in [0.2, 0.25) is 0 Å². The van der Waals surface area contributed by atoms with Gasteiger partial charge >= 0.3 is 0 Å². The average Bonchev–Trinajstić information content (AvgIpc) is 2.87. The fourth-order valence-electron chi connectivity index (χ4n) is 3.63. The standard InChI is InChI=1S/C19H13BrN2O3/c1-10-18(22(24)25)15(11-6-8-12(20)9-7-11)16-17(21-10)13-4-2-3-5-14(13)19(16)23/h2-9,15,18H,1H3/t15-,18?/m1/s1. The maximum Gasteiger partial charge on any atom is 0.261 e. The molecular formula is C19H13BrN2O3. The zero-order chi connectivity index (χ0) is 17.7. The van der Waals surface area contributed by atoms with Gasteiger partial charge < -0.3 is 0 Å². The van der Waals surface area contributed by atoms with Crippen molar-refractivity contribution in [1.82, 2.24) is 0 Å². The van der Waals surface area contributed by atoms with E-state index in [9.17, 15) is 14.9 Å². The van der Waals surface area contributed by atoms with E-state index in [1.807, 2.05) is 36.4 Å². The summed E-state index contributed by atoms with van der Waals surface area (Å²) in [6, 6.07) is 13.5. The van der Waals surface area contributed by atoms with Crippen LogP contribution < -0.4 is 0 Å². The molecule has 2 aromatic rings. The summed E-state index contributed by atoms with van der Waals surface area (Å²) in [6.07, 6.45) is 0. The third-order valence-corrected chi connectivity index (χ3v) is 5.25. The van der Waals surface area contributed by atoms with Gasteiger partial charge in [0.05, 0.1) is 17.3 Å². The van der Waals surface area contributed by atoms with Crippen molar-refractivity contribution in [1.29, 1.82) is 0 Å². The minimum atomic E-state index is -1.04. The molecule has 0 N–H and O–H groups in total. The van der Waals surface area contributed by atoms with Crippen molar-refractivity contribution < 1.29 is 9.72 Å². The summed E-state index contributed by atoms with van der Waals surface area (Å²) < 4.78 is 0.880. The topological polar surface area (TPSA) is 72.6 Å². The Bertz CT molecular complexity index is 976. The van der Waals surface area contributed by atoms with E-state index in [-0.39, 0.29) is 10.7 Å². The van der Waals surface area contributed by atoms with E-state index in [0.717, 1.165) is 15.6 Å². The summed E-state index contributed by atoms with van der Waals surface area (Å²) in [6.45, 7) is 1.66. The fourth-order valence-corrected chi connectivity index (χ4v) is 3.89. The molecule has 0 saturated carbocycles. The van der Waals surface area contributed by atoms with Gasteiger partial charge in [0.15, 0.2) is 5.78 Å². The van der Waals surface area contributed by atoms with Crippen molar-refractivity contribution >= 4 is 33.1 Å². The predicted octanol–water partition coefficient (Wildman–Crippen LogP) is 4.26. The Balaban J connectivity index is 1.96. The van der Waals surface area contributed by atoms with Gasteiger partial charge in [0.25, 0.3) is 6.04 Å². The summed E-state index contributed by atoms with van der Waals surface area (Å²) in [5.41, 5.74) is 3.48. The molecule has 0 saturated heterocycles. The van der Waals surface area contributed by atoms with Gasteiger partial charge in [-0.1, -0.05) is 52.3 Å². The molecule has 2 aromatic carbocycles. The van der Waals surface area contributed by atoms with E-state index in [4.69, 9.17) is 0 Å². The second kappa shape index (κ2) is 5.74. The van der Waals surface area contributed by atoms with Crippen molar-refractivity contribution in [3.8, 4) is 0 Å². The maximum atomic E-state index is 13.0. The number of benzene rings is 2. The molecule has 0 spiro atoms. The van der Waals surface area contributed by atoms with Crippen molar-refractivity contribution in [2.45, 2.75) is 18.9 Å². The number of nitro groups is 1. The first-order chi connectivity index (χ1) is 12.0. The number of aliphatic imine (C=N–C) groups is 1. The van der Waals surface area contributed by atoms with Crippen molar-refractivity contribution in [3.05, 3.63) is 85.4 Å². The molecule has 0 aromatic heterocycles. The minimum Gasteiger partial charge on any atom is -0.289 e. The molecule has 25 heavy (non-hydrogen) atoms. The number of hydrogen-bond acceptors (Lipinski definition) is 4. The highest BCUT2D eigenvalue weighted by Gasteiger charge is 2.48. The molecule has 0 bridgehead atoms. The van der Waals surface area contributed by atoms with Crippen LogP contribution in [0.3, 0.4) is 0 Å². The Morgan fingerprint density at radius 3 is 2.36 bits per heavy atom. The average molecular weight is 397 g/mol. The number of carbonyl (C=O) groups is 1. The molecule has 0 fully saturated rings. The van der Waals surface area contributed by atoms with Gasteiger partial charge in [-0.25, -0.2) is 4.99 Å². The lowest BCUT2D eigenvalue weighted by Gasteiger charge is -2.26. The molecule has 1 heterocycles. The fraction of sp³-hybridized carbons (Fsp3) is 0.158. The van der Waals surface area contributed by atoms with Crippen LogP contribution in [-0.4, -0.2) is 22.5 Å². The van der Waals surface area contributed by atoms with Crippen LogP contribution in [0.4, 0.5) is 0 Å². The molecule has 4 rings (SSSR count). The second-order valence-electron chi connectivity index (χ2n) is 6.15. The van der Waals surface area contributed by atoms with E-state index >= 15 is 0 Å². The van der Waals surface area contributed by atoms with E-state index in [0.29, 0.717) is 22.5 Å². The molecule has 6 heteroatoms. The summed E-state index contributed by atoms with van der Waals surface area (Å²) >= 11 is 3.38. The quantitative estimate of drug-likeness (QED) is 0.562. The van der Waals surface area contributed by atoms with Gasteiger partial charge in [-0.05, 0) is 24.6 Å². The van der Waals surface area contributed by atoms with E-state index in [1.165, 1.54) is 0 Å². The molecule has 124 valence electrons. The lowest BCUT2D eigenvalue weighted by Crippen LogP contribution is -2.38. The van der Waals surface area contributed by atoms with Crippen LogP contribution in [-0.2, 0) is 0 Å². The number of ketones is 1. The van der Waals surface area contributed by atoms with E-state index < -0.39 is 12.0 Å². The lowest BCUT2D eigenvalue weighted by molar-refractivity contribution is -0.505. The lowest BCUT2D eigenvalue weighted by atomic mass is 9.80. The number of Topliss-reactive ketones (excluding diaryl/α,β-unsaturated/α-hetero) is 1. The number of carbonyl (C=O) groups excluding carboxylic acids is 1. The monoisotopic (exact) mass is 396 g/mol. The summed E-state index contributed by atoms with van der Waals surface area (Å²) in [5.74, 6) is -0.808. The van der Waals surface area contributed by atoms with Crippen LogP contribution in [0.15, 0.2) is 63.6 Å². The van der Waals surface area contributed by atoms with Crippen molar-refractivity contribution in [2.75, 3.05) is 0 Å². The van der Waals surface area contributed by atoms with Gasteiger partial charge in [-0.2, -0.15) is 0 Å². The molecule has 1 aliphatic heterocycles. The van der Waals surface area contributed by atoms with Crippen molar-refractivity contribution in [3.63, 3.8) is 0 Å². The summed E-state index contributed by atoms with van der Waals surface area (Å²) in [5, 5.41) is 11.8. The number of halogens is 1. The van der Waals surface area contributed by atoms with Gasteiger partial charge in [0.1, 0.15) is 0 Å². The molecule has 2 aliphatic rings. The third-order valence-electron chi connectivity index (χ3n) is 4.73. The molecular weight excluding hydrogens is 384 g/mol. The summed E-state index contributed by atoms with van der Waals surface area (Å²) in [4.78, 5) is 28.9. The molecule has 0 radical (unpaired) electrons. The van der Waals surface area contributed by atoms with Crippen LogP contribution in [0, 0.1) is 10.1 Å². The van der Waals surface area contributed by atoms with Crippen LogP contribution in [0.5, 0.6) is 0 Å². The van der Waals surface area contributed by atoms with E-state index in [2.05, 4.69) is 20.9 Å². The van der Waals surface area contributed by atoms with Gasteiger partial charge in [0, 0.05) is 26.1 Å². The maximum absolute atomic E-state index is 13.0. The Morgan fingerprint density at radius 1 is 1.08 bits per heavy atom. The highest BCUT2D eigenvalue weighted by Crippen LogP contribution is 2.46. The molecule has 2 atom stereocenters. The molecule has 0 amide bonds. The number of hydrogen-bond donors (Lipinski definition) is 0. The Kier molecular flexibility index (Phi) is 3.65. The Hall–Kier alpha value is -2.60. The van der Waals surface area contributed by atoms with Gasteiger partial charge in [-0.15, -0.1) is 0 Å². The van der Waals surface area contributed by atoms with Crippen LogP contribution in [0.1, 0.15) is 34.3 Å². The van der Waals surface area contributed by atoms with Crippen LogP contribution in [0.25, 0.3) is 5.70 Å². The van der Waals surface area contributed by atoms with Crippen LogP contribution in [0.2, 0.25) is 0 Å². The summed E-state index contributed by atoms with van der Waals surface area (Å²) in [7, 11) is 0. The van der Waals surface area contributed by atoms with Crippen molar-refractivity contribution in [2.24, 2.45) is 4.99 Å².